The number of nitrogens with zero attached hydrogens (tertiary/aromatic N) is 2. The average Bonchev–Trinajstić information content (AvgIpc) is 2.49. The Balaban J connectivity index is 2.45. The lowest BCUT2D eigenvalue weighted by Crippen LogP contribution is -2.43. The van der Waals surface area contributed by atoms with Crippen molar-refractivity contribution in [1.82, 2.24) is 19.3 Å². The summed E-state index contributed by atoms with van der Waals surface area (Å²) in [6, 6.07) is 1.12. The first-order chi connectivity index (χ1) is 11.4. The van der Waals surface area contributed by atoms with E-state index in [0.29, 0.717) is 0 Å². The van der Waals surface area contributed by atoms with Gasteiger partial charge in [0.05, 0.1) is 5.39 Å². The standard InChI is InChI=1S/C14H18N4O6S/c1-14(2,5-4-10(19)20)17-25(23,24)8-6-9-11(15-7-8)18(3)13(22)16-12(9)21/h6-7,17H,4-5H2,1-3H3,(H,19,20)(H,16,21,22). The van der Waals surface area contributed by atoms with E-state index in [-0.39, 0.29) is 28.8 Å². The first-order valence-corrected chi connectivity index (χ1v) is 8.76. The maximum absolute atomic E-state index is 12.5. The van der Waals surface area contributed by atoms with E-state index in [2.05, 4.69) is 14.7 Å². The monoisotopic (exact) mass is 370 g/mol. The second-order valence-corrected chi connectivity index (χ2v) is 7.93. The molecule has 136 valence electrons. The average molecular weight is 370 g/mol. The summed E-state index contributed by atoms with van der Waals surface area (Å²) in [5.74, 6) is -1.04. The summed E-state index contributed by atoms with van der Waals surface area (Å²) in [5, 5.41) is 8.69. The van der Waals surface area contributed by atoms with Crippen molar-refractivity contribution in [3.63, 3.8) is 0 Å². The summed E-state index contributed by atoms with van der Waals surface area (Å²) in [4.78, 5) is 39.8. The number of hydrogen-bond acceptors (Lipinski definition) is 6. The number of fused-ring (bicyclic) bond motifs is 1. The summed E-state index contributed by atoms with van der Waals surface area (Å²) in [6.45, 7) is 3.11. The van der Waals surface area contributed by atoms with Crippen LogP contribution in [0.5, 0.6) is 0 Å². The molecule has 0 aliphatic rings. The van der Waals surface area contributed by atoms with Gasteiger partial charge in [0, 0.05) is 25.2 Å². The quantitative estimate of drug-likeness (QED) is 0.622. The molecule has 2 heterocycles. The first kappa shape index (κ1) is 18.8. The van der Waals surface area contributed by atoms with Gasteiger partial charge in [-0.2, -0.15) is 0 Å². The fraction of sp³-hybridized carbons (Fsp3) is 0.429. The lowest BCUT2D eigenvalue weighted by molar-refractivity contribution is -0.137. The van der Waals surface area contributed by atoms with Crippen molar-refractivity contribution in [2.45, 2.75) is 37.1 Å². The van der Waals surface area contributed by atoms with Crippen molar-refractivity contribution in [2.75, 3.05) is 0 Å². The number of carboxylic acids is 1. The molecule has 0 aromatic carbocycles. The molecule has 0 unspecified atom stereocenters. The molecule has 3 N–H and O–H groups in total. The van der Waals surface area contributed by atoms with Crippen LogP contribution in [0.2, 0.25) is 0 Å². The lowest BCUT2D eigenvalue weighted by atomic mass is 10.0. The van der Waals surface area contributed by atoms with E-state index in [1.807, 2.05) is 0 Å². The van der Waals surface area contributed by atoms with Crippen LogP contribution in [0.4, 0.5) is 0 Å². The fourth-order valence-corrected chi connectivity index (χ4v) is 3.67. The molecule has 0 bridgehead atoms. The molecule has 25 heavy (non-hydrogen) atoms. The zero-order valence-corrected chi connectivity index (χ0v) is 14.7. The molecule has 0 atom stereocenters. The Labute approximate surface area is 142 Å². The van der Waals surface area contributed by atoms with E-state index in [4.69, 9.17) is 5.11 Å². The lowest BCUT2D eigenvalue weighted by Gasteiger charge is -2.25. The molecule has 0 fully saturated rings. The van der Waals surface area contributed by atoms with E-state index in [0.717, 1.165) is 16.8 Å². The Morgan fingerprint density at radius 2 is 2.04 bits per heavy atom. The van der Waals surface area contributed by atoms with Gasteiger partial charge in [0.15, 0.2) is 0 Å². The molecule has 2 aromatic rings. The maximum atomic E-state index is 12.5. The summed E-state index contributed by atoms with van der Waals surface area (Å²) in [6.07, 6.45) is 0.918. The van der Waals surface area contributed by atoms with Gasteiger partial charge in [0.1, 0.15) is 10.5 Å². The predicted octanol–water partition coefficient (Wildman–Crippen LogP) is -0.456. The van der Waals surface area contributed by atoms with Gasteiger partial charge in [-0.1, -0.05) is 0 Å². The number of aromatic nitrogens is 3. The molecule has 0 saturated heterocycles. The van der Waals surface area contributed by atoms with E-state index in [1.54, 1.807) is 13.8 Å². The highest BCUT2D eigenvalue weighted by atomic mass is 32.2. The van der Waals surface area contributed by atoms with Gasteiger partial charge in [-0.3, -0.25) is 19.1 Å². The molecular formula is C14H18N4O6S. The van der Waals surface area contributed by atoms with Gasteiger partial charge in [0.2, 0.25) is 10.0 Å². The summed E-state index contributed by atoms with van der Waals surface area (Å²) >= 11 is 0. The number of H-pyrrole nitrogens is 1. The smallest absolute Gasteiger partial charge is 0.329 e. The second kappa shape index (κ2) is 6.41. The van der Waals surface area contributed by atoms with Gasteiger partial charge in [-0.15, -0.1) is 0 Å². The molecule has 2 rings (SSSR count). The number of sulfonamides is 1. The number of carboxylic acid groups (broad SMARTS) is 1. The third-order valence-corrected chi connectivity index (χ3v) is 5.28. The number of hydrogen-bond donors (Lipinski definition) is 3. The van der Waals surface area contributed by atoms with Gasteiger partial charge in [-0.25, -0.2) is 22.9 Å². The van der Waals surface area contributed by atoms with Crippen LogP contribution in [0, 0.1) is 0 Å². The predicted molar refractivity (Wildman–Crippen MR) is 88.9 cm³/mol. The van der Waals surface area contributed by atoms with Crippen LogP contribution in [-0.2, 0) is 21.9 Å². The number of pyridine rings is 1. The minimum absolute atomic E-state index is 0.0479. The summed E-state index contributed by atoms with van der Waals surface area (Å²) in [5.41, 5.74) is -2.36. The third kappa shape index (κ3) is 4.12. The molecule has 0 amide bonds. The molecule has 10 nitrogen and oxygen atoms in total. The molecule has 0 spiro atoms. The SMILES string of the molecule is Cn1c(=O)[nH]c(=O)c2cc(S(=O)(=O)NC(C)(C)CCC(=O)O)cnc21. The number of rotatable bonds is 6. The maximum Gasteiger partial charge on any atom is 0.329 e. The zero-order chi connectivity index (χ0) is 19.0. The Hall–Kier alpha value is -2.53. The number of aliphatic carboxylic acids is 1. The molecule has 11 heteroatoms. The number of aryl methyl sites for hydroxylation is 1. The van der Waals surface area contributed by atoms with Gasteiger partial charge in [-0.05, 0) is 26.3 Å². The highest BCUT2D eigenvalue weighted by molar-refractivity contribution is 7.89. The van der Waals surface area contributed by atoms with Crippen molar-refractivity contribution < 1.29 is 18.3 Å². The van der Waals surface area contributed by atoms with E-state index in [9.17, 15) is 22.8 Å². The molecule has 2 aromatic heterocycles. The topological polar surface area (TPSA) is 151 Å². The Kier molecular flexibility index (Phi) is 4.82. The van der Waals surface area contributed by atoms with Crippen molar-refractivity contribution in [3.8, 4) is 0 Å². The summed E-state index contributed by atoms with van der Waals surface area (Å²) < 4.78 is 28.5. The van der Waals surface area contributed by atoms with Crippen LogP contribution in [0.1, 0.15) is 26.7 Å². The van der Waals surface area contributed by atoms with E-state index >= 15 is 0 Å². The Morgan fingerprint density at radius 1 is 1.40 bits per heavy atom. The van der Waals surface area contributed by atoms with E-state index in [1.165, 1.54) is 7.05 Å². The number of aromatic amines is 1. The van der Waals surface area contributed by atoms with Gasteiger partial charge >= 0.3 is 11.7 Å². The summed E-state index contributed by atoms with van der Waals surface area (Å²) in [7, 11) is -2.64. The normalized spacial score (nSPS) is 12.4. The van der Waals surface area contributed by atoms with Crippen LogP contribution in [-0.4, -0.2) is 39.6 Å². The van der Waals surface area contributed by atoms with Gasteiger partial charge < -0.3 is 5.11 Å². The minimum Gasteiger partial charge on any atom is -0.481 e. The first-order valence-electron chi connectivity index (χ1n) is 7.28. The third-order valence-electron chi connectivity index (χ3n) is 3.61. The second-order valence-electron chi connectivity index (χ2n) is 6.24. The Morgan fingerprint density at radius 3 is 2.64 bits per heavy atom. The van der Waals surface area contributed by atoms with Crippen LogP contribution >= 0.6 is 0 Å². The van der Waals surface area contributed by atoms with Crippen molar-refractivity contribution in [3.05, 3.63) is 33.1 Å². The number of carbonyl (C=O) groups is 1. The highest BCUT2D eigenvalue weighted by Crippen LogP contribution is 2.18. The van der Waals surface area contributed by atoms with Gasteiger partial charge in [0.25, 0.3) is 5.56 Å². The number of nitrogens with one attached hydrogen (secondary N) is 2. The zero-order valence-electron chi connectivity index (χ0n) is 13.9. The highest BCUT2D eigenvalue weighted by Gasteiger charge is 2.27. The molecule has 0 radical (unpaired) electrons. The largest absolute Gasteiger partial charge is 0.481 e. The van der Waals surface area contributed by atoms with Crippen LogP contribution in [0.15, 0.2) is 26.7 Å². The fourth-order valence-electron chi connectivity index (χ4n) is 2.26. The molecule has 0 saturated carbocycles. The van der Waals surface area contributed by atoms with Crippen LogP contribution in [0.3, 0.4) is 0 Å². The van der Waals surface area contributed by atoms with Crippen LogP contribution < -0.4 is 16.0 Å². The minimum atomic E-state index is -4.04. The molecule has 0 aliphatic heterocycles. The Bertz CT molecular complexity index is 1050. The van der Waals surface area contributed by atoms with E-state index < -0.39 is 32.8 Å². The van der Waals surface area contributed by atoms with Crippen molar-refractivity contribution in [1.29, 1.82) is 0 Å². The van der Waals surface area contributed by atoms with Crippen molar-refractivity contribution in [2.24, 2.45) is 7.05 Å². The van der Waals surface area contributed by atoms with Crippen LogP contribution in [0.25, 0.3) is 11.0 Å². The van der Waals surface area contributed by atoms with Crippen molar-refractivity contribution >= 4 is 27.0 Å². The molecular weight excluding hydrogens is 352 g/mol. The molecule has 0 aliphatic carbocycles.